The number of benzene rings is 1. The van der Waals surface area contributed by atoms with E-state index in [-0.39, 0.29) is 18.1 Å². The number of phenols is 1. The molecule has 1 N–H and O–H groups in total. The molecule has 1 aromatic carbocycles. The number of hydrogen-bond donors (Lipinski definition) is 1. The van der Waals surface area contributed by atoms with Crippen LogP contribution in [0.25, 0.3) is 0 Å². The van der Waals surface area contributed by atoms with Gasteiger partial charge in [0.1, 0.15) is 5.75 Å². The summed E-state index contributed by atoms with van der Waals surface area (Å²) in [6.45, 7) is 5.16. The average molecular weight is 322 g/mol. The van der Waals surface area contributed by atoms with Crippen LogP contribution in [-0.2, 0) is 25.2 Å². The first-order chi connectivity index (χ1) is 11.2. The van der Waals surface area contributed by atoms with Gasteiger partial charge in [0.2, 0.25) is 0 Å². The predicted molar refractivity (Wildman–Crippen MR) is 90.0 cm³/mol. The van der Waals surface area contributed by atoms with E-state index < -0.39 is 7.32 Å². The molecule has 0 aromatic heterocycles. The Morgan fingerprint density at radius 3 is 2.13 bits per heavy atom. The number of carbonyl (C=O) groups excluding carboxylic acids is 1. The number of hydrogen-bond acceptors (Lipinski definition) is 5. The molecular formula is C17H27BO5. The van der Waals surface area contributed by atoms with Crippen molar-refractivity contribution in [3.05, 3.63) is 29.8 Å². The highest BCUT2D eigenvalue weighted by Gasteiger charge is 2.26. The Balaban J connectivity index is 2.36. The van der Waals surface area contributed by atoms with Crippen molar-refractivity contribution < 1.29 is 23.9 Å². The van der Waals surface area contributed by atoms with Crippen LogP contribution in [0.15, 0.2) is 24.3 Å². The second-order valence-corrected chi connectivity index (χ2v) is 5.39. The third-order valence-corrected chi connectivity index (χ3v) is 3.29. The molecule has 1 rings (SSSR count). The van der Waals surface area contributed by atoms with Crippen molar-refractivity contribution >= 4 is 13.3 Å². The summed E-state index contributed by atoms with van der Waals surface area (Å²) in [6, 6.07) is 6.78. The molecule has 128 valence electrons. The summed E-state index contributed by atoms with van der Waals surface area (Å²) < 4.78 is 16.2. The highest BCUT2D eigenvalue weighted by Crippen LogP contribution is 2.11. The van der Waals surface area contributed by atoms with Gasteiger partial charge in [-0.05, 0) is 37.0 Å². The number of aryl methyl sites for hydroxylation is 1. The molecule has 0 radical (unpaired) electrons. The van der Waals surface area contributed by atoms with E-state index in [0.29, 0.717) is 19.6 Å². The lowest BCUT2D eigenvalue weighted by Gasteiger charge is -2.14. The monoisotopic (exact) mass is 322 g/mol. The molecule has 0 heterocycles. The summed E-state index contributed by atoms with van der Waals surface area (Å²) in [5.74, 6) is -0.138. The number of carbonyl (C=O) groups is 1. The van der Waals surface area contributed by atoms with E-state index in [1.165, 1.54) is 0 Å². The molecule has 6 heteroatoms. The summed E-state index contributed by atoms with van der Waals surface area (Å²) in [4.78, 5) is 11.9. The minimum absolute atomic E-state index is 0.213. The van der Waals surface area contributed by atoms with Crippen LogP contribution in [0, 0.1) is 0 Å². The largest absolute Gasteiger partial charge is 0.715 e. The minimum atomic E-state index is -0.916. The van der Waals surface area contributed by atoms with Gasteiger partial charge in [-0.2, -0.15) is 0 Å². The van der Waals surface area contributed by atoms with Gasteiger partial charge in [0.05, 0.1) is 0 Å². The summed E-state index contributed by atoms with van der Waals surface area (Å²) in [5.41, 5.74) is 0.968. The van der Waals surface area contributed by atoms with Crippen molar-refractivity contribution in [2.75, 3.05) is 13.2 Å². The molecule has 0 spiro atoms. The van der Waals surface area contributed by atoms with E-state index in [2.05, 4.69) is 13.8 Å². The van der Waals surface area contributed by atoms with Crippen molar-refractivity contribution in [1.29, 1.82) is 0 Å². The van der Waals surface area contributed by atoms with Crippen LogP contribution >= 0.6 is 0 Å². The van der Waals surface area contributed by atoms with Crippen LogP contribution in [0.3, 0.4) is 0 Å². The first kappa shape index (κ1) is 19.5. The molecule has 0 fully saturated rings. The van der Waals surface area contributed by atoms with E-state index in [1.807, 2.05) is 0 Å². The lowest BCUT2D eigenvalue weighted by atomic mass is 10.1. The fourth-order valence-corrected chi connectivity index (χ4v) is 1.84. The highest BCUT2D eigenvalue weighted by molar-refractivity contribution is 6.39. The number of aromatic hydroxyl groups is 1. The smallest absolute Gasteiger partial charge is 0.508 e. The second kappa shape index (κ2) is 12.0. The molecule has 0 bridgehead atoms. The van der Waals surface area contributed by atoms with Gasteiger partial charge in [-0.3, -0.25) is 4.79 Å². The molecule has 0 unspecified atom stereocenters. The van der Waals surface area contributed by atoms with Gasteiger partial charge in [-0.25, -0.2) is 0 Å². The lowest BCUT2D eigenvalue weighted by Crippen LogP contribution is -2.31. The van der Waals surface area contributed by atoms with E-state index in [4.69, 9.17) is 14.0 Å². The van der Waals surface area contributed by atoms with Gasteiger partial charge in [0, 0.05) is 19.6 Å². The van der Waals surface area contributed by atoms with Gasteiger partial charge in [-0.15, -0.1) is 0 Å². The molecule has 0 atom stereocenters. The summed E-state index contributed by atoms with van der Waals surface area (Å²) in [6.07, 6.45) is 4.62. The van der Waals surface area contributed by atoms with Crippen LogP contribution < -0.4 is 0 Å². The third kappa shape index (κ3) is 9.26. The Bertz CT molecular complexity index is 425. The first-order valence-electron chi connectivity index (χ1n) is 8.36. The lowest BCUT2D eigenvalue weighted by molar-refractivity contribution is -0.138. The van der Waals surface area contributed by atoms with E-state index >= 15 is 0 Å². The zero-order valence-electron chi connectivity index (χ0n) is 14.1. The molecule has 0 saturated heterocycles. The van der Waals surface area contributed by atoms with Crippen molar-refractivity contribution in [3.63, 3.8) is 0 Å². The minimum Gasteiger partial charge on any atom is -0.508 e. The van der Waals surface area contributed by atoms with E-state index in [0.717, 1.165) is 31.2 Å². The third-order valence-electron chi connectivity index (χ3n) is 3.29. The predicted octanol–water partition coefficient (Wildman–Crippen LogP) is 3.49. The maximum Gasteiger partial charge on any atom is 0.715 e. The van der Waals surface area contributed by atoms with Gasteiger partial charge < -0.3 is 19.1 Å². The molecule has 0 aliphatic rings. The van der Waals surface area contributed by atoms with Crippen LogP contribution in [0.1, 0.15) is 51.5 Å². The van der Waals surface area contributed by atoms with Gasteiger partial charge in [0.25, 0.3) is 5.97 Å². The van der Waals surface area contributed by atoms with Crippen LogP contribution in [0.2, 0.25) is 0 Å². The topological polar surface area (TPSA) is 65.0 Å². The van der Waals surface area contributed by atoms with Crippen molar-refractivity contribution in [2.24, 2.45) is 0 Å². The Hall–Kier alpha value is -1.53. The maximum absolute atomic E-state index is 11.9. The van der Waals surface area contributed by atoms with Gasteiger partial charge in [0.15, 0.2) is 0 Å². The molecule has 5 nitrogen and oxygen atoms in total. The number of unbranched alkanes of at least 4 members (excludes halogenated alkanes) is 2. The molecule has 1 aromatic rings. The van der Waals surface area contributed by atoms with Crippen molar-refractivity contribution in [1.82, 2.24) is 0 Å². The Morgan fingerprint density at radius 1 is 1.04 bits per heavy atom. The van der Waals surface area contributed by atoms with Crippen LogP contribution in [0.5, 0.6) is 5.75 Å². The number of rotatable bonds is 12. The fourth-order valence-electron chi connectivity index (χ4n) is 1.84. The summed E-state index contributed by atoms with van der Waals surface area (Å²) in [7, 11) is -0.916. The maximum atomic E-state index is 11.9. The molecule has 0 amide bonds. The van der Waals surface area contributed by atoms with E-state index in [9.17, 15) is 9.90 Å². The standard InChI is InChI=1S/C17H27BO5/c1-3-5-13-21-18(22-14-6-4-2)23-17(20)12-9-15-7-10-16(19)11-8-15/h7-8,10-11,19H,3-6,9,12-14H2,1-2H3. The van der Waals surface area contributed by atoms with Gasteiger partial charge >= 0.3 is 7.32 Å². The Labute approximate surface area is 139 Å². The van der Waals surface area contributed by atoms with Crippen molar-refractivity contribution in [3.8, 4) is 5.75 Å². The summed E-state index contributed by atoms with van der Waals surface area (Å²) in [5, 5.41) is 9.23. The quantitative estimate of drug-likeness (QED) is 0.471. The van der Waals surface area contributed by atoms with Gasteiger partial charge in [-0.1, -0.05) is 38.8 Å². The fraction of sp³-hybridized carbons (Fsp3) is 0.588. The average Bonchev–Trinajstić information content (AvgIpc) is 2.54. The first-order valence-corrected chi connectivity index (χ1v) is 8.36. The molecule has 23 heavy (non-hydrogen) atoms. The number of phenolic OH excluding ortho intramolecular Hbond substituents is 1. The molecule has 0 aliphatic carbocycles. The van der Waals surface area contributed by atoms with E-state index in [1.54, 1.807) is 24.3 Å². The Kier molecular flexibility index (Phi) is 10.2. The zero-order valence-corrected chi connectivity index (χ0v) is 14.1. The SMILES string of the molecule is CCCCOB(OCCCC)OC(=O)CCc1ccc(O)cc1. The highest BCUT2D eigenvalue weighted by atomic mass is 16.7. The molecule has 0 aliphatic heterocycles. The normalized spacial score (nSPS) is 10.5. The summed E-state index contributed by atoms with van der Waals surface area (Å²) >= 11 is 0. The Morgan fingerprint density at radius 2 is 1.61 bits per heavy atom. The van der Waals surface area contributed by atoms with Crippen LogP contribution in [0.4, 0.5) is 0 Å². The van der Waals surface area contributed by atoms with Crippen LogP contribution in [-0.4, -0.2) is 31.6 Å². The van der Waals surface area contributed by atoms with Crippen molar-refractivity contribution in [2.45, 2.75) is 52.4 Å². The zero-order chi connectivity index (χ0) is 16.9. The molecule has 0 saturated carbocycles. The second-order valence-electron chi connectivity index (χ2n) is 5.39. The molecular weight excluding hydrogens is 295 g/mol.